The highest BCUT2D eigenvalue weighted by Gasteiger charge is 2.22. The topological polar surface area (TPSA) is 72.9 Å². The summed E-state index contributed by atoms with van der Waals surface area (Å²) in [5.74, 6) is -0.212. The summed E-state index contributed by atoms with van der Waals surface area (Å²) in [5.41, 5.74) is 3.71. The van der Waals surface area contributed by atoms with Crippen LogP contribution in [0, 0.1) is 0 Å². The number of anilines is 1. The third-order valence-electron chi connectivity index (χ3n) is 5.34. The van der Waals surface area contributed by atoms with Crippen molar-refractivity contribution in [3.05, 3.63) is 59.2 Å². The molecule has 0 saturated carbocycles. The number of ketones is 1. The van der Waals surface area contributed by atoms with Gasteiger partial charge in [-0.25, -0.2) is 4.79 Å². The predicted molar refractivity (Wildman–Crippen MR) is 107 cm³/mol. The zero-order valence-corrected chi connectivity index (χ0v) is 16.2. The third kappa shape index (κ3) is 4.47. The van der Waals surface area contributed by atoms with Crippen molar-refractivity contribution in [2.75, 3.05) is 24.7 Å². The molecular formula is C23H23NO5. The van der Waals surface area contributed by atoms with Gasteiger partial charge in [-0.1, -0.05) is 18.2 Å². The molecule has 2 aliphatic rings. The number of aryl methyl sites for hydroxylation is 2. The normalized spacial score (nSPS) is 15.3. The van der Waals surface area contributed by atoms with E-state index in [-0.39, 0.29) is 24.9 Å². The van der Waals surface area contributed by atoms with E-state index < -0.39 is 5.97 Å². The van der Waals surface area contributed by atoms with Gasteiger partial charge in [0, 0.05) is 24.2 Å². The Labute approximate surface area is 169 Å². The van der Waals surface area contributed by atoms with Crippen LogP contribution in [-0.2, 0) is 27.2 Å². The third-order valence-corrected chi connectivity index (χ3v) is 5.34. The zero-order chi connectivity index (χ0) is 20.2. The minimum atomic E-state index is -0.593. The van der Waals surface area contributed by atoms with E-state index in [4.69, 9.17) is 9.47 Å². The zero-order valence-electron chi connectivity index (χ0n) is 16.2. The van der Waals surface area contributed by atoms with Crippen LogP contribution in [0.1, 0.15) is 40.7 Å². The minimum Gasteiger partial charge on any atom is -0.482 e. The van der Waals surface area contributed by atoms with Gasteiger partial charge in [0.15, 0.2) is 19.0 Å². The highest BCUT2D eigenvalue weighted by atomic mass is 16.6. The van der Waals surface area contributed by atoms with Crippen molar-refractivity contribution in [2.24, 2.45) is 0 Å². The molecule has 1 amide bonds. The van der Waals surface area contributed by atoms with E-state index in [1.807, 2.05) is 18.2 Å². The number of nitrogens with zero attached hydrogens (tertiary/aromatic N) is 1. The van der Waals surface area contributed by atoms with Gasteiger partial charge >= 0.3 is 5.97 Å². The van der Waals surface area contributed by atoms with E-state index in [9.17, 15) is 14.4 Å². The van der Waals surface area contributed by atoms with Crippen molar-refractivity contribution >= 4 is 23.3 Å². The van der Waals surface area contributed by atoms with Crippen molar-refractivity contribution in [3.63, 3.8) is 0 Å². The number of carbonyl (C=O) groups excluding carboxylic acids is 3. The van der Waals surface area contributed by atoms with Crippen LogP contribution in [0.3, 0.4) is 0 Å². The van der Waals surface area contributed by atoms with Gasteiger partial charge in [-0.2, -0.15) is 0 Å². The van der Waals surface area contributed by atoms with Crippen LogP contribution in [-0.4, -0.2) is 37.4 Å². The highest BCUT2D eigenvalue weighted by Crippen LogP contribution is 2.26. The monoisotopic (exact) mass is 393 g/mol. The van der Waals surface area contributed by atoms with Gasteiger partial charge in [-0.05, 0) is 61.1 Å². The van der Waals surface area contributed by atoms with Gasteiger partial charge in [-0.15, -0.1) is 0 Å². The number of hydrogen-bond donors (Lipinski definition) is 0. The Morgan fingerprint density at radius 1 is 0.931 bits per heavy atom. The van der Waals surface area contributed by atoms with E-state index in [1.54, 1.807) is 29.2 Å². The Kier molecular flexibility index (Phi) is 5.60. The van der Waals surface area contributed by atoms with E-state index in [0.717, 1.165) is 25.7 Å². The second kappa shape index (κ2) is 8.47. The summed E-state index contributed by atoms with van der Waals surface area (Å²) in [6.07, 6.45) is 4.62. The number of Topliss-reactive ketones (excluding diaryl/α,β-unsaturated/α-hetero) is 1. The Bertz CT molecular complexity index is 952. The molecule has 4 rings (SSSR count). The molecular weight excluding hydrogens is 370 g/mol. The van der Waals surface area contributed by atoms with E-state index in [0.29, 0.717) is 30.0 Å². The molecule has 2 aromatic rings. The summed E-state index contributed by atoms with van der Waals surface area (Å²) in [5, 5.41) is 0. The first kappa shape index (κ1) is 19.2. The lowest BCUT2D eigenvalue weighted by Gasteiger charge is -2.16. The number of fused-ring (bicyclic) bond motifs is 1. The number of benzene rings is 2. The van der Waals surface area contributed by atoms with E-state index in [2.05, 4.69) is 0 Å². The van der Waals surface area contributed by atoms with Crippen LogP contribution < -0.4 is 9.64 Å². The molecule has 0 bridgehead atoms. The molecule has 0 radical (unpaired) electrons. The molecule has 1 fully saturated rings. The molecule has 29 heavy (non-hydrogen) atoms. The molecule has 1 saturated heterocycles. The molecule has 0 aromatic heterocycles. The lowest BCUT2D eigenvalue weighted by atomic mass is 10.1. The Hall–Kier alpha value is -3.15. The van der Waals surface area contributed by atoms with E-state index >= 15 is 0 Å². The molecule has 0 N–H and O–H groups in total. The average Bonchev–Trinajstić information content (AvgIpc) is 3.38. The van der Waals surface area contributed by atoms with Gasteiger partial charge in [-0.3, -0.25) is 9.59 Å². The molecule has 1 aliphatic heterocycles. The maximum absolute atomic E-state index is 12.4. The van der Waals surface area contributed by atoms with Crippen molar-refractivity contribution in [3.8, 4) is 5.75 Å². The number of esters is 1. The van der Waals surface area contributed by atoms with Crippen molar-refractivity contribution in [2.45, 2.75) is 32.1 Å². The number of amides is 1. The van der Waals surface area contributed by atoms with Gasteiger partial charge < -0.3 is 14.4 Å². The Morgan fingerprint density at radius 3 is 2.62 bits per heavy atom. The fraction of sp³-hybridized carbons (Fsp3) is 0.348. The number of carbonyl (C=O) groups is 3. The average molecular weight is 393 g/mol. The molecule has 0 spiro atoms. The second-order valence-corrected chi connectivity index (χ2v) is 7.36. The molecule has 0 atom stereocenters. The van der Waals surface area contributed by atoms with Crippen LogP contribution in [0.15, 0.2) is 42.5 Å². The van der Waals surface area contributed by atoms with Crippen molar-refractivity contribution in [1.29, 1.82) is 0 Å². The fourth-order valence-electron chi connectivity index (χ4n) is 3.82. The van der Waals surface area contributed by atoms with Gasteiger partial charge in [0.1, 0.15) is 5.75 Å². The van der Waals surface area contributed by atoms with Gasteiger partial charge in [0.05, 0.1) is 0 Å². The molecule has 2 aromatic carbocycles. The maximum atomic E-state index is 12.4. The number of ether oxygens (including phenoxy) is 2. The maximum Gasteiger partial charge on any atom is 0.344 e. The Morgan fingerprint density at radius 2 is 1.79 bits per heavy atom. The second-order valence-electron chi connectivity index (χ2n) is 7.36. The summed E-state index contributed by atoms with van der Waals surface area (Å²) >= 11 is 0. The minimum absolute atomic E-state index is 0.0599. The van der Waals surface area contributed by atoms with Crippen LogP contribution in [0.5, 0.6) is 5.75 Å². The largest absolute Gasteiger partial charge is 0.482 e. The van der Waals surface area contributed by atoms with Crippen LogP contribution >= 0.6 is 0 Å². The quantitative estimate of drug-likeness (QED) is 0.534. The predicted octanol–water partition coefficient (Wildman–Crippen LogP) is 3.11. The molecule has 0 unspecified atom stereocenters. The van der Waals surface area contributed by atoms with Gasteiger partial charge in [0.2, 0.25) is 5.91 Å². The highest BCUT2D eigenvalue weighted by molar-refractivity contribution is 6.01. The van der Waals surface area contributed by atoms with Crippen molar-refractivity contribution < 1.29 is 23.9 Å². The standard InChI is InChI=1S/C23H23NO5/c25-21(18-6-2-7-19(12-18)24-11-3-8-22(24)26)14-29-23(27)15-28-20-10-9-16-4-1-5-17(16)13-20/h2,6-7,9-10,12-13H,1,3-5,8,11,14-15H2. The number of rotatable bonds is 7. The summed E-state index contributed by atoms with van der Waals surface area (Å²) in [4.78, 5) is 37.9. The first-order valence-corrected chi connectivity index (χ1v) is 9.94. The van der Waals surface area contributed by atoms with Crippen LogP contribution in [0.25, 0.3) is 0 Å². The van der Waals surface area contributed by atoms with Crippen molar-refractivity contribution in [1.82, 2.24) is 0 Å². The van der Waals surface area contributed by atoms with Crippen LogP contribution in [0.4, 0.5) is 5.69 Å². The molecule has 6 nitrogen and oxygen atoms in total. The molecule has 1 aliphatic carbocycles. The van der Waals surface area contributed by atoms with E-state index in [1.165, 1.54) is 11.1 Å². The summed E-state index contributed by atoms with van der Waals surface area (Å²) < 4.78 is 10.6. The summed E-state index contributed by atoms with van der Waals surface area (Å²) in [6.45, 7) is 0.0592. The van der Waals surface area contributed by atoms with Gasteiger partial charge in [0.25, 0.3) is 0 Å². The lowest BCUT2D eigenvalue weighted by molar-refractivity contribution is -0.144. The number of hydrogen-bond acceptors (Lipinski definition) is 5. The Balaban J connectivity index is 1.28. The molecule has 6 heteroatoms. The lowest BCUT2D eigenvalue weighted by Crippen LogP contribution is -2.24. The first-order chi connectivity index (χ1) is 14.1. The smallest absolute Gasteiger partial charge is 0.344 e. The molecule has 1 heterocycles. The fourth-order valence-corrected chi connectivity index (χ4v) is 3.82. The first-order valence-electron chi connectivity index (χ1n) is 9.94. The van der Waals surface area contributed by atoms with Crippen LogP contribution in [0.2, 0.25) is 0 Å². The molecule has 150 valence electrons. The summed E-state index contributed by atoms with van der Waals surface area (Å²) in [6, 6.07) is 12.7. The SMILES string of the molecule is O=C(COc1ccc2c(c1)CCC2)OCC(=O)c1cccc(N2CCCC2=O)c1. The summed E-state index contributed by atoms with van der Waals surface area (Å²) in [7, 11) is 0.